The molecule has 0 saturated carbocycles. The molecule has 7 heteroatoms. The summed E-state index contributed by atoms with van der Waals surface area (Å²) in [5, 5.41) is 2.45. The number of nitrogens with one attached hydrogen (secondary N) is 1. The fourth-order valence-electron chi connectivity index (χ4n) is 4.17. The highest BCUT2D eigenvalue weighted by molar-refractivity contribution is 6.07. The molecule has 4 rings (SSSR count). The van der Waals surface area contributed by atoms with Gasteiger partial charge in [0.25, 0.3) is 5.91 Å². The monoisotopic (exact) mass is 464 g/mol. The van der Waals surface area contributed by atoms with Crippen LogP contribution in [-0.2, 0) is 21.7 Å². The van der Waals surface area contributed by atoms with Crippen LogP contribution in [0.15, 0.2) is 78.9 Å². The van der Waals surface area contributed by atoms with E-state index in [4.69, 9.17) is 4.74 Å². The topological polar surface area (TPSA) is 58.6 Å². The van der Waals surface area contributed by atoms with Gasteiger partial charge in [-0.3, -0.25) is 4.79 Å². The van der Waals surface area contributed by atoms with Gasteiger partial charge in [0, 0.05) is 11.1 Å². The highest BCUT2D eigenvalue weighted by Crippen LogP contribution is 2.50. The van der Waals surface area contributed by atoms with E-state index in [1.807, 2.05) is 30.3 Å². The van der Waals surface area contributed by atoms with Gasteiger partial charge in [-0.2, -0.15) is 0 Å². The van der Waals surface area contributed by atoms with E-state index in [-0.39, 0.29) is 17.7 Å². The van der Waals surface area contributed by atoms with Crippen molar-refractivity contribution in [1.29, 1.82) is 0 Å². The number of ether oxygens (including phenoxy) is 1. The van der Waals surface area contributed by atoms with Gasteiger partial charge in [0.1, 0.15) is 17.5 Å². The molecule has 2 atom stereocenters. The first-order valence-electron chi connectivity index (χ1n) is 11.0. The molecular formula is C27H26F2N2O3. The van der Waals surface area contributed by atoms with Crippen LogP contribution in [-0.4, -0.2) is 17.6 Å². The van der Waals surface area contributed by atoms with Crippen molar-refractivity contribution in [1.82, 2.24) is 5.32 Å². The molecule has 0 aromatic heterocycles. The number of benzene rings is 3. The Kier molecular flexibility index (Phi) is 6.13. The summed E-state index contributed by atoms with van der Waals surface area (Å²) >= 11 is 0. The molecule has 1 N–H and O–H groups in total. The van der Waals surface area contributed by atoms with E-state index in [9.17, 15) is 14.0 Å². The summed E-state index contributed by atoms with van der Waals surface area (Å²) in [5.74, 6) is -1.63. The van der Waals surface area contributed by atoms with E-state index >= 15 is 4.39 Å². The van der Waals surface area contributed by atoms with Gasteiger partial charge in [0.05, 0.1) is 12.2 Å². The van der Waals surface area contributed by atoms with Crippen molar-refractivity contribution in [2.24, 2.45) is 0 Å². The number of rotatable bonds is 5. The van der Waals surface area contributed by atoms with E-state index in [0.717, 1.165) is 11.6 Å². The molecule has 176 valence electrons. The highest BCUT2D eigenvalue weighted by atomic mass is 19.1. The lowest BCUT2D eigenvalue weighted by Crippen LogP contribution is -2.49. The third-order valence-electron chi connectivity index (χ3n) is 5.60. The van der Waals surface area contributed by atoms with Crippen LogP contribution in [0.5, 0.6) is 0 Å². The second kappa shape index (κ2) is 8.89. The molecule has 1 aliphatic heterocycles. The van der Waals surface area contributed by atoms with Crippen LogP contribution in [0, 0.1) is 5.82 Å². The number of hydrogen-bond acceptors (Lipinski definition) is 3. The SMILES string of the molecule is CC(C)(C)OC(=O)N[C@@H](c1ccccc1F)[C@]1(F)C(=O)N(Cc2ccccc2)c2ccccc21. The van der Waals surface area contributed by atoms with Crippen molar-refractivity contribution in [3.8, 4) is 0 Å². The van der Waals surface area contributed by atoms with Crippen LogP contribution in [0.3, 0.4) is 0 Å². The number of hydrogen-bond donors (Lipinski definition) is 1. The van der Waals surface area contributed by atoms with Gasteiger partial charge in [0.2, 0.25) is 5.67 Å². The molecule has 0 saturated heterocycles. The van der Waals surface area contributed by atoms with E-state index in [1.165, 1.54) is 29.2 Å². The predicted octanol–water partition coefficient (Wildman–Crippen LogP) is 5.80. The maximum absolute atomic E-state index is 17.1. The Morgan fingerprint density at radius 3 is 2.29 bits per heavy atom. The Labute approximate surface area is 197 Å². The number of nitrogens with zero attached hydrogens (tertiary/aromatic N) is 1. The first-order valence-corrected chi connectivity index (χ1v) is 11.0. The number of carbonyl (C=O) groups excluding carboxylic acids is 2. The van der Waals surface area contributed by atoms with E-state index < -0.39 is 35.1 Å². The molecule has 3 aromatic rings. The molecule has 0 aliphatic carbocycles. The summed E-state index contributed by atoms with van der Waals surface area (Å²) in [6.07, 6.45) is -0.954. The quantitative estimate of drug-likeness (QED) is 0.519. The normalized spacial score (nSPS) is 18.4. The zero-order valence-electron chi connectivity index (χ0n) is 19.2. The van der Waals surface area contributed by atoms with Gasteiger partial charge in [-0.15, -0.1) is 0 Å². The molecular weight excluding hydrogens is 438 g/mol. The molecule has 0 spiro atoms. The summed E-state index contributed by atoms with van der Waals surface area (Å²) in [6.45, 7) is 5.10. The Hall–Kier alpha value is -3.74. The van der Waals surface area contributed by atoms with Crippen LogP contribution in [0.4, 0.5) is 19.3 Å². The molecule has 2 amide bonds. The van der Waals surface area contributed by atoms with Crippen LogP contribution in [0.2, 0.25) is 0 Å². The van der Waals surface area contributed by atoms with E-state index in [2.05, 4.69) is 5.32 Å². The number of alkyl carbamates (subject to hydrolysis) is 1. The lowest BCUT2D eigenvalue weighted by molar-refractivity contribution is -0.131. The second-order valence-electron chi connectivity index (χ2n) is 9.21. The fourth-order valence-corrected chi connectivity index (χ4v) is 4.17. The van der Waals surface area contributed by atoms with Crippen LogP contribution in [0.1, 0.15) is 43.5 Å². The largest absolute Gasteiger partial charge is 0.444 e. The Bertz CT molecular complexity index is 1210. The van der Waals surface area contributed by atoms with E-state index in [0.29, 0.717) is 5.69 Å². The number of para-hydroxylation sites is 1. The predicted molar refractivity (Wildman–Crippen MR) is 125 cm³/mol. The highest BCUT2D eigenvalue weighted by Gasteiger charge is 2.58. The van der Waals surface area contributed by atoms with Gasteiger partial charge in [0.15, 0.2) is 0 Å². The minimum atomic E-state index is -2.76. The molecule has 0 radical (unpaired) electrons. The zero-order valence-corrected chi connectivity index (χ0v) is 19.2. The third kappa shape index (κ3) is 4.38. The molecule has 5 nitrogen and oxygen atoms in total. The van der Waals surface area contributed by atoms with Crippen LogP contribution in [0.25, 0.3) is 0 Å². The average molecular weight is 465 g/mol. The molecule has 1 heterocycles. The van der Waals surface area contributed by atoms with Gasteiger partial charge in [-0.05, 0) is 38.5 Å². The number of fused-ring (bicyclic) bond motifs is 1. The zero-order chi connectivity index (χ0) is 24.5. The maximum atomic E-state index is 17.1. The van der Waals surface area contributed by atoms with Crippen LogP contribution < -0.4 is 10.2 Å². The van der Waals surface area contributed by atoms with Gasteiger partial charge >= 0.3 is 6.09 Å². The second-order valence-corrected chi connectivity index (χ2v) is 9.21. The van der Waals surface area contributed by atoms with Crippen molar-refractivity contribution >= 4 is 17.7 Å². The smallest absolute Gasteiger partial charge is 0.408 e. The van der Waals surface area contributed by atoms with Crippen LogP contribution >= 0.6 is 0 Å². The lowest BCUT2D eigenvalue weighted by atomic mass is 9.84. The number of carbonyl (C=O) groups is 2. The van der Waals surface area contributed by atoms with Crippen molar-refractivity contribution in [3.63, 3.8) is 0 Å². The Morgan fingerprint density at radius 1 is 1.00 bits per heavy atom. The maximum Gasteiger partial charge on any atom is 0.408 e. The number of alkyl halides is 1. The summed E-state index contributed by atoms with van der Waals surface area (Å²) in [6, 6.07) is 19.5. The molecule has 1 aliphatic rings. The first kappa shape index (κ1) is 23.4. The van der Waals surface area contributed by atoms with Gasteiger partial charge in [-0.25, -0.2) is 13.6 Å². The first-order chi connectivity index (χ1) is 16.1. The summed E-state index contributed by atoms with van der Waals surface area (Å²) < 4.78 is 37.4. The molecule has 34 heavy (non-hydrogen) atoms. The minimum Gasteiger partial charge on any atom is -0.444 e. The minimum absolute atomic E-state index is 0.0558. The van der Waals surface area contributed by atoms with Gasteiger partial charge in [-0.1, -0.05) is 66.7 Å². The van der Waals surface area contributed by atoms with Gasteiger partial charge < -0.3 is 15.0 Å². The fraction of sp³-hybridized carbons (Fsp3) is 0.259. The molecule has 0 fully saturated rings. The van der Waals surface area contributed by atoms with Crippen molar-refractivity contribution in [2.45, 2.75) is 44.6 Å². The molecule has 0 bridgehead atoms. The Balaban J connectivity index is 1.82. The lowest BCUT2D eigenvalue weighted by Gasteiger charge is -2.32. The van der Waals surface area contributed by atoms with E-state index in [1.54, 1.807) is 39.0 Å². The standard InChI is InChI=1S/C27H26F2N2O3/c1-26(2,3)34-25(33)30-23(19-13-7-9-15-21(19)28)27(29)20-14-8-10-16-22(20)31(24(27)32)17-18-11-5-4-6-12-18/h4-16,23H,17H2,1-3H3,(H,30,33)/t23-,27-/m0/s1. The third-order valence-corrected chi connectivity index (χ3v) is 5.60. The summed E-state index contributed by atoms with van der Waals surface area (Å²) in [4.78, 5) is 27.7. The number of amides is 2. The summed E-state index contributed by atoms with van der Waals surface area (Å²) in [7, 11) is 0. The average Bonchev–Trinajstić information content (AvgIpc) is 3.00. The Morgan fingerprint density at radius 2 is 1.62 bits per heavy atom. The van der Waals surface area contributed by atoms with Crippen molar-refractivity contribution in [3.05, 3.63) is 101 Å². The number of halogens is 2. The van der Waals surface area contributed by atoms with Crippen molar-refractivity contribution < 1.29 is 23.1 Å². The van der Waals surface area contributed by atoms with Crippen molar-refractivity contribution in [2.75, 3.05) is 4.90 Å². The number of anilines is 1. The molecule has 0 unspecified atom stereocenters. The summed E-state index contributed by atoms with van der Waals surface area (Å²) in [5.41, 5.74) is -2.56. The molecule has 3 aromatic carbocycles.